The van der Waals surface area contributed by atoms with Crippen molar-refractivity contribution in [3.05, 3.63) is 22.7 Å². The average Bonchev–Trinajstić information content (AvgIpc) is 3.18. The van der Waals surface area contributed by atoms with Crippen molar-refractivity contribution in [2.24, 2.45) is 5.41 Å². The fourth-order valence-electron chi connectivity index (χ4n) is 2.99. The van der Waals surface area contributed by atoms with Crippen LogP contribution in [0.5, 0.6) is 0 Å². The standard InChI is InChI=1S/C16H22F2N3O9PS/c1-14(2,7-22)12(23)32-6-5-28-31(26,27)30-10-9-15(10,25)16(17,18)11(29-9)21-4-3-8(19)20-13(21)24/h3-4,9-11,22,25H,5-7H2,1-2H3,(H,26,27)(H2,19,20,24)/t9-,10?,11-,15+/m1/s1. The van der Waals surface area contributed by atoms with Gasteiger partial charge in [-0.2, -0.15) is 13.8 Å². The first-order chi connectivity index (χ1) is 14.7. The number of nitrogens with zero attached hydrogens (tertiary/aromatic N) is 2. The first-order valence-electron chi connectivity index (χ1n) is 9.21. The number of anilines is 1. The Hall–Kier alpha value is -1.45. The number of carbonyl (C=O) groups is 1. The summed E-state index contributed by atoms with van der Waals surface area (Å²) >= 11 is 0.746. The minimum Gasteiger partial charge on any atom is -0.395 e. The van der Waals surface area contributed by atoms with Crippen LogP contribution in [0.15, 0.2) is 17.1 Å². The van der Waals surface area contributed by atoms with E-state index in [-0.39, 0.29) is 16.7 Å². The van der Waals surface area contributed by atoms with Gasteiger partial charge in [0.05, 0.1) is 18.6 Å². The van der Waals surface area contributed by atoms with E-state index in [1.54, 1.807) is 0 Å². The van der Waals surface area contributed by atoms with Crippen molar-refractivity contribution in [3.63, 3.8) is 0 Å². The van der Waals surface area contributed by atoms with Gasteiger partial charge in [-0.1, -0.05) is 11.8 Å². The Bertz CT molecular complexity index is 1010. The molecule has 0 amide bonds. The molecule has 180 valence electrons. The number of rotatable bonds is 9. The summed E-state index contributed by atoms with van der Waals surface area (Å²) in [6, 6.07) is 1.09. The van der Waals surface area contributed by atoms with E-state index in [9.17, 15) is 32.9 Å². The number of aliphatic hydroxyl groups excluding tert-OH is 1. The lowest BCUT2D eigenvalue weighted by Gasteiger charge is -2.27. The summed E-state index contributed by atoms with van der Waals surface area (Å²) in [5.41, 5.74) is 0.192. The van der Waals surface area contributed by atoms with Gasteiger partial charge in [0.1, 0.15) is 18.0 Å². The van der Waals surface area contributed by atoms with Crippen LogP contribution in [-0.2, 0) is 23.1 Å². The van der Waals surface area contributed by atoms with Crippen molar-refractivity contribution in [2.75, 3.05) is 24.7 Å². The van der Waals surface area contributed by atoms with Crippen LogP contribution in [-0.4, -0.2) is 72.5 Å². The second-order valence-electron chi connectivity index (χ2n) is 7.91. The Balaban J connectivity index is 1.58. The molecule has 2 fully saturated rings. The Kier molecular flexibility index (Phi) is 6.61. The summed E-state index contributed by atoms with van der Waals surface area (Å²) in [4.78, 5) is 36.8. The number of phosphoric ester groups is 1. The number of fused-ring (bicyclic) bond motifs is 1. The lowest BCUT2D eigenvalue weighted by Crippen LogP contribution is -2.46. The van der Waals surface area contributed by atoms with Crippen molar-refractivity contribution < 1.29 is 47.0 Å². The van der Waals surface area contributed by atoms with Crippen LogP contribution < -0.4 is 11.4 Å². The SMILES string of the molecule is CC(C)(CO)C(=O)SCCOP(=O)(O)OC1[C@H]2O[C@@H](n3ccc(N)nc3=O)C(F)(F)[C@@]12O. The van der Waals surface area contributed by atoms with Crippen molar-refractivity contribution >= 4 is 30.5 Å². The Morgan fingerprint density at radius 1 is 1.50 bits per heavy atom. The molecule has 5 N–H and O–H groups in total. The quantitative estimate of drug-likeness (QED) is 0.260. The van der Waals surface area contributed by atoms with Crippen molar-refractivity contribution in [3.8, 4) is 0 Å². The maximum absolute atomic E-state index is 14.8. The van der Waals surface area contributed by atoms with Crippen LogP contribution >= 0.6 is 19.6 Å². The molecule has 0 aromatic carbocycles. The highest BCUT2D eigenvalue weighted by atomic mass is 32.2. The number of hydrogen-bond donors (Lipinski definition) is 4. The highest BCUT2D eigenvalue weighted by molar-refractivity contribution is 8.13. The predicted molar refractivity (Wildman–Crippen MR) is 106 cm³/mol. The number of aromatic nitrogens is 2. The van der Waals surface area contributed by atoms with Crippen LogP contribution in [0.1, 0.15) is 20.1 Å². The second-order valence-corrected chi connectivity index (χ2v) is 10.4. The number of carbonyl (C=O) groups excluding carboxylic acids is 1. The van der Waals surface area contributed by atoms with E-state index in [1.165, 1.54) is 13.8 Å². The summed E-state index contributed by atoms with van der Waals surface area (Å²) in [6.45, 7) is 2.18. The van der Waals surface area contributed by atoms with Gasteiger partial charge in [-0.3, -0.25) is 18.4 Å². The van der Waals surface area contributed by atoms with Gasteiger partial charge < -0.3 is 25.6 Å². The number of phosphoric acid groups is 1. The first-order valence-corrected chi connectivity index (χ1v) is 11.7. The van der Waals surface area contributed by atoms with Crippen LogP contribution in [0.4, 0.5) is 14.6 Å². The minimum atomic E-state index is -4.90. The Morgan fingerprint density at radius 2 is 2.16 bits per heavy atom. The maximum atomic E-state index is 14.8. The molecule has 1 aliphatic heterocycles. The second kappa shape index (κ2) is 8.40. The summed E-state index contributed by atoms with van der Waals surface area (Å²) in [5.74, 6) is -4.35. The molecule has 2 aliphatic rings. The molecule has 0 spiro atoms. The maximum Gasteiger partial charge on any atom is 0.472 e. The molecule has 2 heterocycles. The molecule has 16 heteroatoms. The molecule has 32 heavy (non-hydrogen) atoms. The van der Waals surface area contributed by atoms with Crippen LogP contribution in [0.25, 0.3) is 0 Å². The molecule has 1 saturated carbocycles. The third-order valence-corrected chi connectivity index (χ3v) is 7.21. The van der Waals surface area contributed by atoms with Gasteiger partial charge in [0.25, 0.3) is 0 Å². The molecule has 12 nitrogen and oxygen atoms in total. The van der Waals surface area contributed by atoms with Crippen molar-refractivity contribution in [1.82, 2.24) is 9.55 Å². The zero-order valence-corrected chi connectivity index (χ0v) is 18.6. The van der Waals surface area contributed by atoms with Gasteiger partial charge in [0, 0.05) is 11.9 Å². The summed E-state index contributed by atoms with van der Waals surface area (Å²) in [5, 5.41) is 19.1. The van der Waals surface area contributed by atoms with Gasteiger partial charge in [0.15, 0.2) is 10.7 Å². The van der Waals surface area contributed by atoms with Gasteiger partial charge >= 0.3 is 19.4 Å². The van der Waals surface area contributed by atoms with E-state index in [1.807, 2.05) is 0 Å². The number of ether oxygens (including phenoxy) is 1. The number of hydrogen-bond acceptors (Lipinski definition) is 11. The van der Waals surface area contributed by atoms with Crippen molar-refractivity contribution in [2.45, 2.75) is 43.8 Å². The Morgan fingerprint density at radius 3 is 2.69 bits per heavy atom. The molecule has 0 bridgehead atoms. The molecule has 5 atom stereocenters. The Labute approximate surface area is 184 Å². The molecule has 1 aromatic heterocycles. The highest BCUT2D eigenvalue weighted by Crippen LogP contribution is 2.66. The fraction of sp³-hybridized carbons (Fsp3) is 0.688. The van der Waals surface area contributed by atoms with Crippen LogP contribution in [0, 0.1) is 5.41 Å². The number of nitrogens with two attached hydrogens (primary N) is 1. The number of aliphatic hydroxyl groups is 2. The minimum absolute atomic E-state index is 0.0731. The number of thioether (sulfide) groups is 1. The number of halogens is 2. The predicted octanol–water partition coefficient (Wildman–Crippen LogP) is -0.117. The third kappa shape index (κ3) is 4.35. The molecule has 2 unspecified atom stereocenters. The molecule has 1 saturated heterocycles. The number of nitrogen functional groups attached to an aromatic ring is 1. The van der Waals surface area contributed by atoms with E-state index in [4.69, 9.17) is 15.6 Å². The largest absolute Gasteiger partial charge is 0.472 e. The van der Waals surface area contributed by atoms with E-state index in [0.29, 0.717) is 4.57 Å². The molecule has 1 aliphatic carbocycles. The summed E-state index contributed by atoms with van der Waals surface area (Å²) in [6.07, 6.45) is -4.92. The van der Waals surface area contributed by atoms with E-state index < -0.39 is 62.1 Å². The molecule has 3 rings (SSSR count). The van der Waals surface area contributed by atoms with Gasteiger partial charge in [-0.15, -0.1) is 0 Å². The zero-order chi connectivity index (χ0) is 24.1. The van der Waals surface area contributed by atoms with E-state index in [2.05, 4.69) is 14.0 Å². The third-order valence-electron chi connectivity index (χ3n) is 5.02. The molecular formula is C16H22F2N3O9PS. The fourth-order valence-corrected chi connectivity index (χ4v) is 4.86. The van der Waals surface area contributed by atoms with Gasteiger partial charge in [-0.05, 0) is 19.9 Å². The van der Waals surface area contributed by atoms with Gasteiger partial charge in [0.2, 0.25) is 6.23 Å². The number of alkyl halides is 2. The summed E-state index contributed by atoms with van der Waals surface area (Å²) in [7, 11) is -4.90. The first kappa shape index (κ1) is 25.2. The average molecular weight is 501 g/mol. The van der Waals surface area contributed by atoms with Gasteiger partial charge in [-0.25, -0.2) is 9.36 Å². The van der Waals surface area contributed by atoms with E-state index >= 15 is 0 Å². The van der Waals surface area contributed by atoms with Crippen LogP contribution in [0.2, 0.25) is 0 Å². The smallest absolute Gasteiger partial charge is 0.395 e. The zero-order valence-electron chi connectivity index (χ0n) is 16.9. The topological polar surface area (TPSA) is 183 Å². The van der Waals surface area contributed by atoms with E-state index in [0.717, 1.165) is 24.0 Å². The van der Waals surface area contributed by atoms with Crippen LogP contribution in [0.3, 0.4) is 0 Å². The van der Waals surface area contributed by atoms with Crippen molar-refractivity contribution in [1.29, 1.82) is 0 Å². The lowest BCUT2D eigenvalue weighted by molar-refractivity contribution is -0.196. The lowest BCUT2D eigenvalue weighted by atomic mass is 9.97. The monoisotopic (exact) mass is 501 g/mol. The normalized spacial score (nSPS) is 30.5. The molecule has 1 aromatic rings. The summed E-state index contributed by atoms with van der Waals surface area (Å²) < 4.78 is 56.5. The molecular weight excluding hydrogens is 479 g/mol. The molecule has 0 radical (unpaired) electrons. The highest BCUT2D eigenvalue weighted by Gasteiger charge is 2.88.